The number of carbonyl (C=O) groups excluding carboxylic acids is 2. The number of aromatic nitrogens is 1. The van der Waals surface area contributed by atoms with Gasteiger partial charge in [-0.2, -0.15) is 5.11 Å². The van der Waals surface area contributed by atoms with Gasteiger partial charge in [0.1, 0.15) is 5.56 Å². The highest BCUT2D eigenvalue weighted by Crippen LogP contribution is 2.33. The maximum Gasteiger partial charge on any atom is 0.343 e. The lowest BCUT2D eigenvalue weighted by Crippen LogP contribution is -2.32. The van der Waals surface area contributed by atoms with Gasteiger partial charge in [-0.25, -0.2) is 4.79 Å². The lowest BCUT2D eigenvalue weighted by Gasteiger charge is -2.22. The number of nitrogens with one attached hydrogen (secondary N) is 1. The molecule has 0 aliphatic carbocycles. The molecular formula is C28H40N4O5. The summed E-state index contributed by atoms with van der Waals surface area (Å²) >= 11 is 0. The lowest BCUT2D eigenvalue weighted by molar-refractivity contribution is 0.0520. The zero-order chi connectivity index (χ0) is 27.4. The first-order chi connectivity index (χ1) is 17.7. The third kappa shape index (κ3) is 8.27. The fourth-order valence-corrected chi connectivity index (χ4v) is 4.02. The van der Waals surface area contributed by atoms with Crippen LogP contribution in [0.25, 0.3) is 0 Å². The number of ether oxygens (including phenoxy) is 1. The molecule has 1 aromatic carbocycles. The minimum Gasteiger partial charge on any atom is -0.494 e. The first-order valence-electron chi connectivity index (χ1n) is 13.2. The molecule has 0 aliphatic heterocycles. The number of carbonyl (C=O) groups is 2. The van der Waals surface area contributed by atoms with Gasteiger partial charge in [-0.1, -0.05) is 53.4 Å². The Morgan fingerprint density at radius 1 is 0.973 bits per heavy atom. The number of aromatic hydroxyl groups is 1. The number of rotatable bonds is 14. The predicted molar refractivity (Wildman–Crippen MR) is 144 cm³/mol. The molecule has 9 nitrogen and oxygen atoms in total. The lowest BCUT2D eigenvalue weighted by atomic mass is 9.97. The van der Waals surface area contributed by atoms with Gasteiger partial charge in [0.15, 0.2) is 5.69 Å². The van der Waals surface area contributed by atoms with Crippen LogP contribution in [0.1, 0.15) is 105 Å². The van der Waals surface area contributed by atoms with Gasteiger partial charge < -0.3 is 14.7 Å². The molecule has 2 rings (SSSR count). The van der Waals surface area contributed by atoms with Crippen molar-refractivity contribution >= 4 is 23.3 Å². The maximum atomic E-state index is 13.1. The number of amides is 1. The Hall–Kier alpha value is -3.49. The molecule has 9 heteroatoms. The molecule has 2 aromatic rings. The Bertz CT molecular complexity index is 1120. The number of aromatic amines is 1. The smallest absolute Gasteiger partial charge is 0.343 e. The minimum atomic E-state index is -0.749. The monoisotopic (exact) mass is 512 g/mol. The zero-order valence-corrected chi connectivity index (χ0v) is 22.7. The van der Waals surface area contributed by atoms with Gasteiger partial charge in [0.05, 0.1) is 12.3 Å². The van der Waals surface area contributed by atoms with Gasteiger partial charge in [-0.3, -0.25) is 14.6 Å². The van der Waals surface area contributed by atoms with Crippen molar-refractivity contribution in [3.63, 3.8) is 0 Å². The number of pyridine rings is 1. The highest BCUT2D eigenvalue weighted by molar-refractivity contribution is 5.95. The molecule has 0 bridgehead atoms. The van der Waals surface area contributed by atoms with E-state index < -0.39 is 17.4 Å². The van der Waals surface area contributed by atoms with E-state index in [0.717, 1.165) is 45.2 Å². The fourth-order valence-electron chi connectivity index (χ4n) is 4.02. The fraction of sp³-hybridized carbons (Fsp3) is 0.536. The van der Waals surface area contributed by atoms with Crippen LogP contribution in [0.2, 0.25) is 0 Å². The van der Waals surface area contributed by atoms with E-state index in [9.17, 15) is 19.5 Å². The van der Waals surface area contributed by atoms with E-state index in [-0.39, 0.29) is 35.2 Å². The van der Waals surface area contributed by atoms with Gasteiger partial charge in [0.2, 0.25) is 5.88 Å². The average Bonchev–Trinajstić information content (AvgIpc) is 2.87. The number of benzene rings is 1. The van der Waals surface area contributed by atoms with Gasteiger partial charge in [0.25, 0.3) is 11.5 Å². The first-order valence-corrected chi connectivity index (χ1v) is 13.2. The second-order valence-corrected chi connectivity index (χ2v) is 9.27. The first kappa shape index (κ1) is 29.7. The zero-order valence-electron chi connectivity index (χ0n) is 22.7. The Balaban J connectivity index is 2.29. The molecule has 0 spiro atoms. The van der Waals surface area contributed by atoms with Crippen molar-refractivity contribution in [1.82, 2.24) is 9.88 Å². The van der Waals surface area contributed by atoms with Crippen LogP contribution in [0.15, 0.2) is 39.3 Å². The van der Waals surface area contributed by atoms with Crippen molar-refractivity contribution in [2.24, 2.45) is 10.2 Å². The molecule has 2 N–H and O–H groups in total. The number of H-pyrrole nitrogens is 1. The van der Waals surface area contributed by atoms with E-state index in [1.54, 1.807) is 45.0 Å². The van der Waals surface area contributed by atoms with Crippen molar-refractivity contribution in [3.05, 3.63) is 51.3 Å². The molecule has 0 saturated heterocycles. The number of azo groups is 1. The van der Waals surface area contributed by atoms with E-state index in [0.29, 0.717) is 11.3 Å². The predicted octanol–water partition coefficient (Wildman–Crippen LogP) is 6.62. The van der Waals surface area contributed by atoms with E-state index in [1.807, 2.05) is 4.90 Å². The van der Waals surface area contributed by atoms with E-state index in [1.165, 1.54) is 6.42 Å². The molecule has 37 heavy (non-hydrogen) atoms. The van der Waals surface area contributed by atoms with Gasteiger partial charge in [-0.05, 0) is 49.9 Å². The second kappa shape index (κ2) is 14.9. The third-order valence-corrected chi connectivity index (χ3v) is 6.00. The van der Waals surface area contributed by atoms with Crippen LogP contribution in [-0.4, -0.2) is 46.6 Å². The summed E-state index contributed by atoms with van der Waals surface area (Å²) in [5, 5.41) is 18.5. The molecule has 1 heterocycles. The largest absolute Gasteiger partial charge is 0.494 e. The maximum absolute atomic E-state index is 13.1. The quantitative estimate of drug-likeness (QED) is 0.167. The Labute approximate surface area is 219 Å². The average molecular weight is 513 g/mol. The molecule has 0 unspecified atom stereocenters. The van der Waals surface area contributed by atoms with Crippen LogP contribution >= 0.6 is 0 Å². The molecule has 1 amide bonds. The highest BCUT2D eigenvalue weighted by atomic mass is 16.5. The van der Waals surface area contributed by atoms with Crippen LogP contribution < -0.4 is 5.56 Å². The molecule has 0 saturated carbocycles. The van der Waals surface area contributed by atoms with Crippen molar-refractivity contribution < 1.29 is 19.4 Å². The Morgan fingerprint density at radius 3 is 2.22 bits per heavy atom. The van der Waals surface area contributed by atoms with Gasteiger partial charge >= 0.3 is 5.97 Å². The molecule has 0 aliphatic rings. The summed E-state index contributed by atoms with van der Waals surface area (Å²) in [6.07, 6.45) is 6.39. The van der Waals surface area contributed by atoms with E-state index >= 15 is 0 Å². The number of nitrogens with zero attached hydrogens (tertiary/aromatic N) is 3. The van der Waals surface area contributed by atoms with Crippen LogP contribution in [0.3, 0.4) is 0 Å². The molecule has 202 valence electrons. The minimum absolute atomic E-state index is 0.00964. The Kier molecular flexibility index (Phi) is 12.0. The summed E-state index contributed by atoms with van der Waals surface area (Å²) in [5.74, 6) is -1.63. The van der Waals surface area contributed by atoms with Gasteiger partial charge in [0, 0.05) is 24.2 Å². The topological polar surface area (TPSA) is 124 Å². The number of hydrogen-bond acceptors (Lipinski definition) is 7. The van der Waals surface area contributed by atoms with Crippen LogP contribution in [-0.2, 0) is 4.74 Å². The summed E-state index contributed by atoms with van der Waals surface area (Å²) < 4.78 is 5.04. The van der Waals surface area contributed by atoms with E-state index in [2.05, 4.69) is 29.1 Å². The molecular weight excluding hydrogens is 472 g/mol. The van der Waals surface area contributed by atoms with Crippen LogP contribution in [0.4, 0.5) is 11.4 Å². The third-order valence-electron chi connectivity index (χ3n) is 6.00. The highest BCUT2D eigenvalue weighted by Gasteiger charge is 2.26. The summed E-state index contributed by atoms with van der Waals surface area (Å²) in [4.78, 5) is 42.3. The summed E-state index contributed by atoms with van der Waals surface area (Å²) in [6, 6.07) is 6.75. The molecule has 0 radical (unpaired) electrons. The molecule has 0 atom stereocenters. The number of hydrogen-bond donors (Lipinski definition) is 2. The molecule has 1 aromatic heterocycles. The number of esters is 1. The van der Waals surface area contributed by atoms with Gasteiger partial charge in [-0.15, -0.1) is 5.11 Å². The standard InChI is InChI=1S/C28H40N4O5/c1-6-9-11-12-18-32(17-10-7-2)27(35)20-13-15-21(16-14-20)30-31-24-22(19(4)5)23(28(36)37-8-3)25(33)29-26(24)34/h13-16,19H,6-12,17-18H2,1-5H3,(H2,29,33,34). The normalized spacial score (nSPS) is 11.3. The van der Waals surface area contributed by atoms with Crippen molar-refractivity contribution in [2.75, 3.05) is 19.7 Å². The Morgan fingerprint density at radius 2 is 1.62 bits per heavy atom. The second-order valence-electron chi connectivity index (χ2n) is 9.27. The molecule has 0 fully saturated rings. The van der Waals surface area contributed by atoms with Crippen molar-refractivity contribution in [1.29, 1.82) is 0 Å². The van der Waals surface area contributed by atoms with Crippen molar-refractivity contribution in [3.8, 4) is 5.88 Å². The SMILES string of the molecule is CCCCCCN(CCCC)C(=O)c1ccc(N=Nc2c(C(C)C)c(C(=O)OCC)c(O)[nH]c2=O)cc1. The van der Waals surface area contributed by atoms with Crippen LogP contribution in [0, 0.1) is 0 Å². The van der Waals surface area contributed by atoms with Crippen molar-refractivity contribution in [2.45, 2.75) is 79.1 Å². The number of unbranched alkanes of at least 4 members (excludes halogenated alkanes) is 4. The van der Waals surface area contributed by atoms with E-state index in [4.69, 9.17) is 4.74 Å². The van der Waals surface area contributed by atoms with Crippen LogP contribution in [0.5, 0.6) is 5.88 Å². The summed E-state index contributed by atoms with van der Waals surface area (Å²) in [7, 11) is 0. The summed E-state index contributed by atoms with van der Waals surface area (Å²) in [5.41, 5.74) is 0.399. The summed E-state index contributed by atoms with van der Waals surface area (Å²) in [6.45, 7) is 11.1.